The highest BCUT2D eigenvalue weighted by Crippen LogP contribution is 2.25. The van der Waals surface area contributed by atoms with Crippen LogP contribution < -0.4 is 0 Å². The molecule has 1 atom stereocenters. The van der Waals surface area contributed by atoms with E-state index in [2.05, 4.69) is 10.9 Å². The lowest BCUT2D eigenvalue weighted by molar-refractivity contribution is -0.128. The Morgan fingerprint density at radius 2 is 2.33 bits per heavy atom. The molecule has 0 radical (unpaired) electrons. The highest BCUT2D eigenvalue weighted by Gasteiger charge is 2.28. The highest BCUT2D eigenvalue weighted by molar-refractivity contribution is 7.18. The zero-order valence-corrected chi connectivity index (χ0v) is 10.6. The maximum absolute atomic E-state index is 11.8. The summed E-state index contributed by atoms with van der Waals surface area (Å²) in [5.41, 5.74) is 0.998. The second kappa shape index (κ2) is 4.43. The number of carbonyl (C=O) groups excluding carboxylic acids is 1. The molecule has 3 rings (SSSR count). The van der Waals surface area contributed by atoms with E-state index in [0.29, 0.717) is 19.5 Å². The number of hydrogen-bond acceptors (Lipinski definition) is 3. The van der Waals surface area contributed by atoms with Crippen LogP contribution in [0.3, 0.4) is 0 Å². The fourth-order valence-corrected chi connectivity index (χ4v) is 3.17. The quantitative estimate of drug-likeness (QED) is 0.772. The predicted octanol–water partition coefficient (Wildman–Crippen LogP) is 2.28. The van der Waals surface area contributed by atoms with Crippen LogP contribution in [0, 0.1) is 18.3 Å². The Balaban J connectivity index is 1.81. The summed E-state index contributed by atoms with van der Waals surface area (Å²) in [4.78, 5) is 18.1. The van der Waals surface area contributed by atoms with Crippen LogP contribution in [-0.2, 0) is 11.3 Å². The summed E-state index contributed by atoms with van der Waals surface area (Å²) in [6.07, 6.45) is 5.84. The summed E-state index contributed by atoms with van der Waals surface area (Å²) in [5, 5.41) is 0.974. The second-order valence-electron chi connectivity index (χ2n) is 4.42. The van der Waals surface area contributed by atoms with Crippen molar-refractivity contribution in [1.29, 1.82) is 0 Å². The van der Waals surface area contributed by atoms with E-state index < -0.39 is 0 Å². The van der Waals surface area contributed by atoms with Crippen molar-refractivity contribution in [1.82, 2.24) is 9.88 Å². The smallest absolute Gasteiger partial charge is 0.224 e. The monoisotopic (exact) mass is 256 g/mol. The van der Waals surface area contributed by atoms with Gasteiger partial charge in [0, 0.05) is 18.9 Å². The van der Waals surface area contributed by atoms with E-state index in [9.17, 15) is 4.79 Å². The van der Waals surface area contributed by atoms with Crippen LogP contribution in [0.25, 0.3) is 10.2 Å². The number of carbonyl (C=O) groups is 1. The van der Waals surface area contributed by atoms with E-state index in [1.54, 1.807) is 11.3 Å². The molecule has 4 heteroatoms. The van der Waals surface area contributed by atoms with Crippen LogP contribution in [0.5, 0.6) is 0 Å². The number of fused-ring (bicyclic) bond motifs is 1. The lowest BCUT2D eigenvalue weighted by Gasteiger charge is -2.13. The van der Waals surface area contributed by atoms with Crippen molar-refractivity contribution in [3.63, 3.8) is 0 Å². The minimum Gasteiger partial charge on any atom is -0.335 e. The number of benzene rings is 1. The number of rotatable bonds is 2. The normalized spacial score (nSPS) is 19.4. The van der Waals surface area contributed by atoms with Gasteiger partial charge in [-0.1, -0.05) is 12.1 Å². The number of likely N-dealkylation sites (tertiary alicyclic amines) is 1. The number of thiazole rings is 1. The number of aromatic nitrogens is 1. The number of amides is 1. The fourth-order valence-electron chi connectivity index (χ4n) is 2.19. The van der Waals surface area contributed by atoms with Gasteiger partial charge in [-0.25, -0.2) is 4.98 Å². The minimum atomic E-state index is 0.0619. The average molecular weight is 256 g/mol. The van der Waals surface area contributed by atoms with Gasteiger partial charge in [0.05, 0.1) is 16.8 Å². The molecule has 0 N–H and O–H groups in total. The first-order valence-corrected chi connectivity index (χ1v) is 6.66. The van der Waals surface area contributed by atoms with Gasteiger partial charge in [0.15, 0.2) is 0 Å². The summed E-state index contributed by atoms with van der Waals surface area (Å²) in [6, 6.07) is 8.01. The Kier molecular flexibility index (Phi) is 2.77. The molecule has 90 valence electrons. The molecule has 1 unspecified atom stereocenters. The summed E-state index contributed by atoms with van der Waals surface area (Å²) in [7, 11) is 0. The Hall–Kier alpha value is -1.86. The Morgan fingerprint density at radius 3 is 3.06 bits per heavy atom. The van der Waals surface area contributed by atoms with Gasteiger partial charge in [-0.05, 0) is 12.1 Å². The molecule has 1 aliphatic heterocycles. The van der Waals surface area contributed by atoms with Gasteiger partial charge >= 0.3 is 0 Å². The predicted molar refractivity (Wildman–Crippen MR) is 72.0 cm³/mol. The molecule has 0 saturated carbocycles. The largest absolute Gasteiger partial charge is 0.335 e. The molecule has 0 bridgehead atoms. The van der Waals surface area contributed by atoms with Crippen molar-refractivity contribution in [3.05, 3.63) is 29.3 Å². The van der Waals surface area contributed by atoms with Crippen LogP contribution in [-0.4, -0.2) is 22.3 Å². The third kappa shape index (κ3) is 1.98. The number of terminal acetylenes is 1. The van der Waals surface area contributed by atoms with Gasteiger partial charge in [0.2, 0.25) is 5.91 Å². The number of nitrogens with zero attached hydrogens (tertiary/aromatic N) is 2. The summed E-state index contributed by atoms with van der Waals surface area (Å²) in [5.74, 6) is 2.86. The van der Waals surface area contributed by atoms with Crippen LogP contribution in [0.1, 0.15) is 11.4 Å². The molecule has 1 amide bonds. The molecule has 0 spiro atoms. The Bertz CT molecular complexity index is 608. The van der Waals surface area contributed by atoms with Crippen molar-refractivity contribution < 1.29 is 4.79 Å². The Labute approximate surface area is 109 Å². The van der Waals surface area contributed by atoms with Gasteiger partial charge in [-0.15, -0.1) is 23.7 Å². The molecule has 1 aromatic heterocycles. The maximum Gasteiger partial charge on any atom is 0.224 e. The minimum absolute atomic E-state index is 0.0619. The van der Waals surface area contributed by atoms with Gasteiger partial charge in [0.25, 0.3) is 0 Å². The first-order valence-electron chi connectivity index (χ1n) is 5.84. The molecule has 1 fully saturated rings. The van der Waals surface area contributed by atoms with E-state index in [-0.39, 0.29) is 11.8 Å². The molecule has 3 nitrogen and oxygen atoms in total. The molecule has 2 aromatic rings. The third-order valence-electron chi connectivity index (χ3n) is 3.11. The van der Waals surface area contributed by atoms with Gasteiger partial charge in [-0.2, -0.15) is 0 Å². The molecule has 1 aromatic carbocycles. The van der Waals surface area contributed by atoms with Gasteiger partial charge in [-0.3, -0.25) is 4.79 Å². The lowest BCUT2D eigenvalue weighted by Crippen LogP contribution is -2.24. The van der Waals surface area contributed by atoms with E-state index in [4.69, 9.17) is 6.42 Å². The molecule has 0 aliphatic carbocycles. The van der Waals surface area contributed by atoms with Gasteiger partial charge in [0.1, 0.15) is 5.01 Å². The molecule has 18 heavy (non-hydrogen) atoms. The SMILES string of the molecule is C#CC1CC(=O)N(Cc2nc3ccccc3s2)C1. The first kappa shape index (κ1) is 11.2. The van der Waals surface area contributed by atoms with Crippen LogP contribution in [0.4, 0.5) is 0 Å². The van der Waals surface area contributed by atoms with E-state index in [0.717, 1.165) is 15.2 Å². The summed E-state index contributed by atoms with van der Waals surface area (Å²) >= 11 is 1.64. The molecule has 1 saturated heterocycles. The lowest BCUT2D eigenvalue weighted by atomic mass is 10.1. The van der Waals surface area contributed by atoms with Crippen molar-refractivity contribution in [2.24, 2.45) is 5.92 Å². The average Bonchev–Trinajstić information content (AvgIpc) is 2.93. The van der Waals surface area contributed by atoms with Crippen LogP contribution in [0.2, 0.25) is 0 Å². The van der Waals surface area contributed by atoms with Crippen molar-refractivity contribution >= 4 is 27.5 Å². The Morgan fingerprint density at radius 1 is 1.50 bits per heavy atom. The van der Waals surface area contributed by atoms with Crippen LogP contribution >= 0.6 is 11.3 Å². The standard InChI is InChI=1S/C14H12N2OS/c1-2-10-7-14(17)16(8-10)9-13-15-11-5-3-4-6-12(11)18-13/h1,3-6,10H,7-9H2. The van der Waals surface area contributed by atoms with E-state index in [1.165, 1.54) is 0 Å². The zero-order valence-electron chi connectivity index (χ0n) is 9.80. The van der Waals surface area contributed by atoms with Gasteiger partial charge < -0.3 is 4.90 Å². The fraction of sp³-hybridized carbons (Fsp3) is 0.286. The van der Waals surface area contributed by atoms with Crippen molar-refractivity contribution in [3.8, 4) is 12.3 Å². The second-order valence-corrected chi connectivity index (χ2v) is 5.53. The number of hydrogen-bond donors (Lipinski definition) is 0. The summed E-state index contributed by atoms with van der Waals surface area (Å²) in [6.45, 7) is 1.24. The zero-order chi connectivity index (χ0) is 12.5. The highest BCUT2D eigenvalue weighted by atomic mass is 32.1. The number of para-hydroxylation sites is 1. The molecule has 1 aliphatic rings. The molecular formula is C14H12N2OS. The topological polar surface area (TPSA) is 33.2 Å². The van der Waals surface area contributed by atoms with E-state index in [1.807, 2.05) is 29.2 Å². The van der Waals surface area contributed by atoms with Crippen molar-refractivity contribution in [2.45, 2.75) is 13.0 Å². The first-order chi connectivity index (χ1) is 8.76. The van der Waals surface area contributed by atoms with E-state index >= 15 is 0 Å². The summed E-state index contributed by atoms with van der Waals surface area (Å²) < 4.78 is 1.16. The maximum atomic E-state index is 11.8. The molecule has 2 heterocycles. The van der Waals surface area contributed by atoms with Crippen LogP contribution in [0.15, 0.2) is 24.3 Å². The third-order valence-corrected chi connectivity index (χ3v) is 4.14. The van der Waals surface area contributed by atoms with Crippen molar-refractivity contribution in [2.75, 3.05) is 6.54 Å². The molecular weight excluding hydrogens is 244 g/mol.